The van der Waals surface area contributed by atoms with Crippen LogP contribution in [0.2, 0.25) is 0 Å². The SMILES string of the molecule is CCn1ncc(CNS(=O)(=O)c2ccc(-c3ccc4c(c3)CCO4)cc2)c1C. The smallest absolute Gasteiger partial charge is 0.240 e. The minimum absolute atomic E-state index is 0.223. The number of aryl methyl sites for hydroxylation is 1. The molecule has 1 aliphatic rings. The summed E-state index contributed by atoms with van der Waals surface area (Å²) in [5.74, 6) is 0.939. The molecule has 3 aromatic rings. The van der Waals surface area contributed by atoms with Gasteiger partial charge in [0.25, 0.3) is 0 Å². The molecule has 0 radical (unpaired) electrons. The van der Waals surface area contributed by atoms with E-state index in [4.69, 9.17) is 4.74 Å². The second-order valence-electron chi connectivity index (χ2n) is 6.84. The number of nitrogens with one attached hydrogen (secondary N) is 1. The maximum Gasteiger partial charge on any atom is 0.240 e. The molecule has 0 spiro atoms. The molecule has 0 saturated heterocycles. The first-order valence-electron chi connectivity index (χ1n) is 9.35. The van der Waals surface area contributed by atoms with Crippen LogP contribution in [0.5, 0.6) is 5.75 Å². The van der Waals surface area contributed by atoms with Gasteiger partial charge in [-0.25, -0.2) is 13.1 Å². The van der Waals surface area contributed by atoms with Gasteiger partial charge in [0.15, 0.2) is 0 Å². The molecule has 0 atom stereocenters. The lowest BCUT2D eigenvalue weighted by Gasteiger charge is -2.09. The van der Waals surface area contributed by atoms with Gasteiger partial charge in [0.2, 0.25) is 10.0 Å². The Kier molecular flexibility index (Phi) is 4.95. The number of nitrogens with zero attached hydrogens (tertiary/aromatic N) is 2. The predicted molar refractivity (Wildman–Crippen MR) is 108 cm³/mol. The molecule has 28 heavy (non-hydrogen) atoms. The Bertz CT molecular complexity index is 1100. The highest BCUT2D eigenvalue weighted by Crippen LogP contribution is 2.30. The van der Waals surface area contributed by atoms with Crippen LogP contribution in [0.3, 0.4) is 0 Å². The fourth-order valence-electron chi connectivity index (χ4n) is 3.43. The van der Waals surface area contributed by atoms with E-state index in [1.165, 1.54) is 5.56 Å². The summed E-state index contributed by atoms with van der Waals surface area (Å²) in [6.45, 7) is 5.65. The van der Waals surface area contributed by atoms with Gasteiger partial charge < -0.3 is 4.74 Å². The number of fused-ring (bicyclic) bond motifs is 1. The zero-order valence-electron chi connectivity index (χ0n) is 16.0. The Morgan fingerprint density at radius 2 is 1.89 bits per heavy atom. The maximum atomic E-state index is 12.6. The lowest BCUT2D eigenvalue weighted by Crippen LogP contribution is -2.23. The standard InChI is InChI=1S/C21H23N3O3S/c1-3-24-15(2)19(13-22-24)14-23-28(25,26)20-7-4-16(5-8-20)17-6-9-21-18(12-17)10-11-27-21/h4-9,12-13,23H,3,10-11,14H2,1-2H3. The Labute approximate surface area is 165 Å². The third-order valence-electron chi connectivity index (χ3n) is 5.14. The lowest BCUT2D eigenvalue weighted by molar-refractivity contribution is 0.357. The largest absolute Gasteiger partial charge is 0.493 e. The van der Waals surface area contributed by atoms with Gasteiger partial charge in [0, 0.05) is 30.8 Å². The summed E-state index contributed by atoms with van der Waals surface area (Å²) >= 11 is 0. The summed E-state index contributed by atoms with van der Waals surface area (Å²) < 4.78 is 35.3. The molecule has 1 aliphatic heterocycles. The summed E-state index contributed by atoms with van der Waals surface area (Å²) in [7, 11) is -3.59. The second-order valence-corrected chi connectivity index (χ2v) is 8.61. The van der Waals surface area contributed by atoms with E-state index in [9.17, 15) is 8.42 Å². The zero-order chi connectivity index (χ0) is 19.7. The Balaban J connectivity index is 1.50. The normalized spacial score (nSPS) is 13.4. The summed E-state index contributed by atoms with van der Waals surface area (Å²) in [6, 6.07) is 13.0. The number of rotatable bonds is 6. The number of hydrogen-bond donors (Lipinski definition) is 1. The number of benzene rings is 2. The van der Waals surface area contributed by atoms with Crippen LogP contribution in [-0.2, 0) is 29.5 Å². The molecular weight excluding hydrogens is 374 g/mol. The van der Waals surface area contributed by atoms with Crippen molar-refractivity contribution in [2.45, 2.75) is 38.3 Å². The van der Waals surface area contributed by atoms with Crippen molar-refractivity contribution in [2.24, 2.45) is 0 Å². The van der Waals surface area contributed by atoms with Crippen molar-refractivity contribution in [3.05, 3.63) is 65.5 Å². The molecule has 2 aromatic carbocycles. The number of ether oxygens (including phenoxy) is 1. The molecule has 0 fully saturated rings. The first kappa shape index (κ1) is 18.7. The van der Waals surface area contributed by atoms with Crippen molar-refractivity contribution >= 4 is 10.0 Å². The molecule has 1 N–H and O–H groups in total. The van der Waals surface area contributed by atoms with Gasteiger partial charge in [-0.15, -0.1) is 0 Å². The van der Waals surface area contributed by atoms with Crippen LogP contribution >= 0.6 is 0 Å². The fraction of sp³-hybridized carbons (Fsp3) is 0.286. The average molecular weight is 398 g/mol. The molecular formula is C21H23N3O3S. The van der Waals surface area contributed by atoms with Crippen molar-refractivity contribution in [3.63, 3.8) is 0 Å². The molecule has 2 heterocycles. The molecule has 0 unspecified atom stereocenters. The first-order chi connectivity index (χ1) is 13.5. The van der Waals surface area contributed by atoms with Gasteiger partial charge in [-0.2, -0.15) is 5.10 Å². The molecule has 7 heteroatoms. The summed E-state index contributed by atoms with van der Waals surface area (Å²) in [4.78, 5) is 0.251. The van der Waals surface area contributed by atoms with Crippen LogP contribution in [0.15, 0.2) is 53.6 Å². The van der Waals surface area contributed by atoms with E-state index in [2.05, 4.69) is 15.9 Å². The highest BCUT2D eigenvalue weighted by Gasteiger charge is 2.16. The van der Waals surface area contributed by atoms with Crippen molar-refractivity contribution in [3.8, 4) is 16.9 Å². The minimum atomic E-state index is -3.59. The van der Waals surface area contributed by atoms with Gasteiger partial charge >= 0.3 is 0 Å². The van der Waals surface area contributed by atoms with E-state index in [1.807, 2.05) is 42.8 Å². The summed E-state index contributed by atoms with van der Waals surface area (Å²) in [5, 5.41) is 4.25. The molecule has 0 aliphatic carbocycles. The van der Waals surface area contributed by atoms with Gasteiger partial charge in [-0.1, -0.05) is 18.2 Å². The number of sulfonamides is 1. The molecule has 0 amide bonds. The van der Waals surface area contributed by atoms with E-state index >= 15 is 0 Å². The van der Waals surface area contributed by atoms with Gasteiger partial charge in [0.05, 0.1) is 17.7 Å². The summed E-state index contributed by atoms with van der Waals surface area (Å²) in [5.41, 5.74) is 5.08. The van der Waals surface area contributed by atoms with Crippen LogP contribution < -0.4 is 9.46 Å². The third-order valence-corrected chi connectivity index (χ3v) is 6.56. The highest BCUT2D eigenvalue weighted by molar-refractivity contribution is 7.89. The molecule has 1 aromatic heterocycles. The molecule has 0 bridgehead atoms. The Morgan fingerprint density at radius 1 is 1.14 bits per heavy atom. The van der Waals surface area contributed by atoms with Crippen LogP contribution in [-0.4, -0.2) is 24.8 Å². The minimum Gasteiger partial charge on any atom is -0.493 e. The van der Waals surface area contributed by atoms with Crippen molar-refractivity contribution in [2.75, 3.05) is 6.61 Å². The van der Waals surface area contributed by atoms with Crippen LogP contribution in [0.25, 0.3) is 11.1 Å². The number of aromatic nitrogens is 2. The molecule has 4 rings (SSSR count). The zero-order valence-corrected chi connectivity index (χ0v) is 16.8. The van der Waals surface area contributed by atoms with Crippen LogP contribution in [0.4, 0.5) is 0 Å². The second kappa shape index (κ2) is 7.41. The van der Waals surface area contributed by atoms with Gasteiger partial charge in [0.1, 0.15) is 5.75 Å². The van der Waals surface area contributed by atoms with Crippen molar-refractivity contribution in [1.29, 1.82) is 0 Å². The molecule has 146 valence electrons. The van der Waals surface area contributed by atoms with E-state index in [0.717, 1.165) is 47.7 Å². The third kappa shape index (κ3) is 3.55. The predicted octanol–water partition coefficient (Wildman–Crippen LogP) is 3.29. The van der Waals surface area contributed by atoms with E-state index in [0.29, 0.717) is 0 Å². The topological polar surface area (TPSA) is 73.2 Å². The summed E-state index contributed by atoms with van der Waals surface area (Å²) in [6.07, 6.45) is 2.62. The van der Waals surface area contributed by atoms with Crippen LogP contribution in [0.1, 0.15) is 23.7 Å². The van der Waals surface area contributed by atoms with Gasteiger partial charge in [-0.05, 0) is 54.8 Å². The van der Waals surface area contributed by atoms with E-state index in [-0.39, 0.29) is 11.4 Å². The quantitative estimate of drug-likeness (QED) is 0.693. The highest BCUT2D eigenvalue weighted by atomic mass is 32.2. The van der Waals surface area contributed by atoms with Crippen molar-refractivity contribution < 1.29 is 13.2 Å². The van der Waals surface area contributed by atoms with Gasteiger partial charge in [-0.3, -0.25) is 4.68 Å². The lowest BCUT2D eigenvalue weighted by atomic mass is 10.0. The maximum absolute atomic E-state index is 12.6. The first-order valence-corrected chi connectivity index (χ1v) is 10.8. The molecule has 0 saturated carbocycles. The van der Waals surface area contributed by atoms with Crippen molar-refractivity contribution in [1.82, 2.24) is 14.5 Å². The number of hydrogen-bond acceptors (Lipinski definition) is 4. The van der Waals surface area contributed by atoms with Crippen LogP contribution in [0, 0.1) is 6.92 Å². The molecule has 6 nitrogen and oxygen atoms in total. The average Bonchev–Trinajstić information content (AvgIpc) is 3.32. The van der Waals surface area contributed by atoms with E-state index < -0.39 is 10.0 Å². The Morgan fingerprint density at radius 3 is 2.61 bits per heavy atom. The van der Waals surface area contributed by atoms with E-state index in [1.54, 1.807) is 18.3 Å². The fourth-order valence-corrected chi connectivity index (χ4v) is 4.43. The Hall–Kier alpha value is -2.64. The monoisotopic (exact) mass is 397 g/mol.